The molecule has 6 nitrogen and oxygen atoms in total. The topological polar surface area (TPSA) is 84.2 Å². The molecule has 0 bridgehead atoms. The molecule has 4 rings (SSSR count). The Kier molecular flexibility index (Phi) is 4.72. The maximum absolute atomic E-state index is 11.4. The molecule has 0 saturated carbocycles. The third-order valence-corrected chi connectivity index (χ3v) is 5.80. The third-order valence-electron chi connectivity index (χ3n) is 4.85. The number of hydrogen-bond donors (Lipinski definition) is 2. The van der Waals surface area contributed by atoms with Gasteiger partial charge in [0.25, 0.3) is 5.91 Å². The summed E-state index contributed by atoms with van der Waals surface area (Å²) in [5.74, 6) is 1.37. The quantitative estimate of drug-likeness (QED) is 0.710. The first kappa shape index (κ1) is 17.8. The van der Waals surface area contributed by atoms with Crippen molar-refractivity contribution in [2.24, 2.45) is 5.73 Å². The SMILES string of the molecule is COc1ccc(CN2CCc3nc(C)[nH]c3C2)cc1-c1csc(C(N)=O)c1. The number of hydrogen-bond acceptors (Lipinski definition) is 5. The average Bonchev–Trinajstić information content (AvgIpc) is 3.27. The highest BCUT2D eigenvalue weighted by atomic mass is 32.1. The van der Waals surface area contributed by atoms with Gasteiger partial charge in [-0.1, -0.05) is 6.07 Å². The van der Waals surface area contributed by atoms with E-state index in [4.69, 9.17) is 10.5 Å². The molecular weight excluding hydrogens is 360 g/mol. The van der Waals surface area contributed by atoms with Crippen LogP contribution in [0.25, 0.3) is 11.1 Å². The Bertz CT molecular complexity index is 992. The number of carbonyl (C=O) groups excluding carboxylic acids is 1. The van der Waals surface area contributed by atoms with E-state index < -0.39 is 5.91 Å². The molecule has 2 aromatic heterocycles. The number of primary amides is 1. The lowest BCUT2D eigenvalue weighted by atomic mass is 10.0. The van der Waals surface area contributed by atoms with Crippen LogP contribution in [0.2, 0.25) is 0 Å². The molecule has 7 heteroatoms. The van der Waals surface area contributed by atoms with E-state index in [1.54, 1.807) is 7.11 Å². The predicted molar refractivity (Wildman–Crippen MR) is 106 cm³/mol. The molecule has 0 saturated heterocycles. The van der Waals surface area contributed by atoms with E-state index in [-0.39, 0.29) is 0 Å². The zero-order chi connectivity index (χ0) is 19.0. The summed E-state index contributed by atoms with van der Waals surface area (Å²) in [4.78, 5) is 22.3. The fourth-order valence-electron chi connectivity index (χ4n) is 3.57. The number of imidazole rings is 1. The Balaban J connectivity index is 1.58. The number of thiophene rings is 1. The Morgan fingerprint density at radius 3 is 3.00 bits per heavy atom. The maximum atomic E-state index is 11.4. The Morgan fingerprint density at radius 1 is 1.41 bits per heavy atom. The lowest BCUT2D eigenvalue weighted by Crippen LogP contribution is -2.30. The summed E-state index contributed by atoms with van der Waals surface area (Å²) in [5.41, 5.74) is 10.9. The van der Waals surface area contributed by atoms with Crippen LogP contribution in [0.1, 0.15) is 32.4 Å². The molecule has 0 aliphatic carbocycles. The van der Waals surface area contributed by atoms with E-state index >= 15 is 0 Å². The van der Waals surface area contributed by atoms with Crippen molar-refractivity contribution >= 4 is 17.2 Å². The number of aromatic nitrogens is 2. The first-order valence-electron chi connectivity index (χ1n) is 8.86. The standard InChI is InChI=1S/C20H22N4O2S/c1-12-22-16-5-6-24(10-17(16)23-12)9-13-3-4-18(26-2)15(7-13)14-8-19(20(21)25)27-11-14/h3-4,7-8,11H,5-6,9-10H2,1-2H3,(H2,21,25)(H,22,23). The number of carbonyl (C=O) groups is 1. The van der Waals surface area contributed by atoms with Crippen molar-refractivity contribution in [1.82, 2.24) is 14.9 Å². The summed E-state index contributed by atoms with van der Waals surface area (Å²) in [6.45, 7) is 4.71. The number of H-pyrrole nitrogens is 1. The van der Waals surface area contributed by atoms with Crippen LogP contribution in [0.15, 0.2) is 29.6 Å². The molecule has 0 unspecified atom stereocenters. The predicted octanol–water partition coefficient (Wildman–Crippen LogP) is 3.11. The van der Waals surface area contributed by atoms with Crippen molar-refractivity contribution in [3.05, 3.63) is 57.3 Å². The van der Waals surface area contributed by atoms with Gasteiger partial charge in [0, 0.05) is 31.6 Å². The molecule has 0 radical (unpaired) electrons. The van der Waals surface area contributed by atoms with Gasteiger partial charge in [0.1, 0.15) is 11.6 Å². The average molecular weight is 382 g/mol. The van der Waals surface area contributed by atoms with Crippen molar-refractivity contribution in [2.45, 2.75) is 26.4 Å². The smallest absolute Gasteiger partial charge is 0.258 e. The van der Waals surface area contributed by atoms with Crippen LogP contribution in [0.4, 0.5) is 0 Å². The number of rotatable bonds is 5. The minimum absolute atomic E-state index is 0.402. The van der Waals surface area contributed by atoms with E-state index in [1.165, 1.54) is 28.3 Å². The van der Waals surface area contributed by atoms with E-state index in [9.17, 15) is 4.79 Å². The molecule has 3 heterocycles. The number of nitrogens with one attached hydrogen (secondary N) is 1. The highest BCUT2D eigenvalue weighted by Crippen LogP contribution is 2.34. The number of methoxy groups -OCH3 is 1. The van der Waals surface area contributed by atoms with Crippen LogP contribution >= 0.6 is 11.3 Å². The highest BCUT2D eigenvalue weighted by Gasteiger charge is 2.20. The van der Waals surface area contributed by atoms with Crippen LogP contribution in [0.5, 0.6) is 5.75 Å². The van der Waals surface area contributed by atoms with Crippen LogP contribution in [-0.2, 0) is 19.5 Å². The summed E-state index contributed by atoms with van der Waals surface area (Å²) in [5, 5.41) is 1.95. The largest absolute Gasteiger partial charge is 0.496 e. The molecule has 3 N–H and O–H groups in total. The molecule has 1 aliphatic rings. The second kappa shape index (κ2) is 7.17. The van der Waals surface area contributed by atoms with E-state index in [0.717, 1.165) is 48.8 Å². The van der Waals surface area contributed by atoms with Gasteiger partial charge in [0.05, 0.1) is 23.4 Å². The second-order valence-corrected chi connectivity index (χ2v) is 7.72. The lowest BCUT2D eigenvalue weighted by Gasteiger charge is -2.26. The summed E-state index contributed by atoms with van der Waals surface area (Å²) in [7, 11) is 1.66. The molecule has 27 heavy (non-hydrogen) atoms. The van der Waals surface area contributed by atoms with Gasteiger partial charge in [-0.2, -0.15) is 0 Å². The highest BCUT2D eigenvalue weighted by molar-refractivity contribution is 7.12. The van der Waals surface area contributed by atoms with Gasteiger partial charge in [-0.3, -0.25) is 9.69 Å². The molecule has 140 valence electrons. The number of aryl methyl sites for hydroxylation is 1. The number of amides is 1. The van der Waals surface area contributed by atoms with Gasteiger partial charge in [-0.15, -0.1) is 11.3 Å². The fraction of sp³-hybridized carbons (Fsp3) is 0.300. The Hall–Kier alpha value is -2.64. The molecule has 0 atom stereocenters. The van der Waals surface area contributed by atoms with Gasteiger partial charge >= 0.3 is 0 Å². The van der Waals surface area contributed by atoms with E-state index in [1.807, 2.05) is 24.4 Å². The van der Waals surface area contributed by atoms with Crippen LogP contribution in [-0.4, -0.2) is 34.4 Å². The van der Waals surface area contributed by atoms with Gasteiger partial charge < -0.3 is 15.5 Å². The minimum atomic E-state index is -0.402. The number of benzene rings is 1. The lowest BCUT2D eigenvalue weighted by molar-refractivity contribution is 0.100. The summed E-state index contributed by atoms with van der Waals surface area (Å²) in [6.07, 6.45) is 0.967. The Labute approximate surface area is 162 Å². The van der Waals surface area contributed by atoms with Crippen LogP contribution in [0.3, 0.4) is 0 Å². The Morgan fingerprint density at radius 2 is 2.26 bits per heavy atom. The third kappa shape index (κ3) is 3.61. The van der Waals surface area contributed by atoms with Crippen molar-refractivity contribution in [3.8, 4) is 16.9 Å². The van der Waals surface area contributed by atoms with E-state index in [2.05, 4.69) is 27.0 Å². The zero-order valence-corrected chi connectivity index (χ0v) is 16.2. The minimum Gasteiger partial charge on any atom is -0.496 e. The molecule has 1 aromatic carbocycles. The molecule has 3 aromatic rings. The zero-order valence-electron chi connectivity index (χ0n) is 15.4. The normalized spacial score (nSPS) is 14.1. The fourth-order valence-corrected chi connectivity index (χ4v) is 4.33. The van der Waals surface area contributed by atoms with E-state index in [0.29, 0.717) is 4.88 Å². The maximum Gasteiger partial charge on any atom is 0.258 e. The number of fused-ring (bicyclic) bond motifs is 1. The van der Waals surface area contributed by atoms with Gasteiger partial charge in [0.2, 0.25) is 0 Å². The number of nitrogens with zero attached hydrogens (tertiary/aromatic N) is 2. The van der Waals surface area contributed by atoms with Crippen molar-refractivity contribution in [2.75, 3.05) is 13.7 Å². The van der Waals surface area contributed by atoms with Crippen LogP contribution in [0, 0.1) is 6.92 Å². The molecule has 1 amide bonds. The van der Waals surface area contributed by atoms with Crippen molar-refractivity contribution in [3.63, 3.8) is 0 Å². The molecule has 0 spiro atoms. The second-order valence-electron chi connectivity index (χ2n) is 6.81. The monoisotopic (exact) mass is 382 g/mol. The van der Waals surface area contributed by atoms with Crippen molar-refractivity contribution < 1.29 is 9.53 Å². The number of aromatic amines is 1. The van der Waals surface area contributed by atoms with Crippen molar-refractivity contribution in [1.29, 1.82) is 0 Å². The number of ether oxygens (including phenoxy) is 1. The van der Waals surface area contributed by atoms with Gasteiger partial charge in [0.15, 0.2) is 0 Å². The summed E-state index contributed by atoms with van der Waals surface area (Å²) in [6, 6.07) is 8.05. The summed E-state index contributed by atoms with van der Waals surface area (Å²) >= 11 is 1.36. The van der Waals surface area contributed by atoms with Gasteiger partial charge in [-0.05, 0) is 41.6 Å². The molecule has 1 aliphatic heterocycles. The number of nitrogens with two attached hydrogens (primary N) is 1. The van der Waals surface area contributed by atoms with Gasteiger partial charge in [-0.25, -0.2) is 4.98 Å². The summed E-state index contributed by atoms with van der Waals surface area (Å²) < 4.78 is 5.53. The molecular formula is C20H22N4O2S. The molecule has 0 fully saturated rings. The first-order chi connectivity index (χ1) is 13.0. The first-order valence-corrected chi connectivity index (χ1v) is 9.74. The van der Waals surface area contributed by atoms with Crippen LogP contribution < -0.4 is 10.5 Å².